The Morgan fingerprint density at radius 3 is 2.24 bits per heavy atom. The van der Waals surface area contributed by atoms with Crippen molar-refractivity contribution < 1.29 is 18.8 Å². The standard InChI is InChI=1S/C13H17F2N3O3/c1-9(19)8-16-2-4-17(5-3-16)13-11(14)6-10(18(20)21)7-12(13)15/h6-7,9,19H,2-5,8H2,1H3/t9-/m1/s1. The number of hydrogen-bond acceptors (Lipinski definition) is 5. The Hall–Kier alpha value is -1.80. The van der Waals surface area contributed by atoms with Gasteiger partial charge in [0.1, 0.15) is 5.69 Å². The van der Waals surface area contributed by atoms with Crippen LogP contribution in [0.5, 0.6) is 0 Å². The highest BCUT2D eigenvalue weighted by Gasteiger charge is 2.25. The van der Waals surface area contributed by atoms with Gasteiger partial charge in [-0.15, -0.1) is 0 Å². The molecule has 2 rings (SSSR count). The Kier molecular flexibility index (Phi) is 4.69. The fraction of sp³-hybridized carbons (Fsp3) is 0.538. The van der Waals surface area contributed by atoms with Crippen LogP contribution in [-0.2, 0) is 0 Å². The number of rotatable bonds is 4. The normalized spacial score (nSPS) is 17.8. The SMILES string of the molecule is C[C@@H](O)CN1CCN(c2c(F)cc([N+](=O)[O-])cc2F)CC1. The average molecular weight is 301 g/mol. The summed E-state index contributed by atoms with van der Waals surface area (Å²) in [5.74, 6) is -1.85. The van der Waals surface area contributed by atoms with Gasteiger partial charge in [0.2, 0.25) is 0 Å². The molecule has 8 heteroatoms. The first-order chi connectivity index (χ1) is 9.88. The molecule has 1 aromatic rings. The van der Waals surface area contributed by atoms with E-state index in [4.69, 9.17) is 0 Å². The van der Waals surface area contributed by atoms with Crippen LogP contribution in [0, 0.1) is 21.7 Å². The first-order valence-corrected chi connectivity index (χ1v) is 6.67. The third-order valence-electron chi connectivity index (χ3n) is 3.42. The van der Waals surface area contributed by atoms with Crippen molar-refractivity contribution >= 4 is 11.4 Å². The summed E-state index contributed by atoms with van der Waals surface area (Å²) in [4.78, 5) is 13.3. The smallest absolute Gasteiger partial charge is 0.275 e. The van der Waals surface area contributed by atoms with Crippen LogP contribution >= 0.6 is 0 Å². The molecule has 6 nitrogen and oxygen atoms in total. The lowest BCUT2D eigenvalue weighted by atomic mass is 10.2. The van der Waals surface area contributed by atoms with Crippen LogP contribution in [0.4, 0.5) is 20.2 Å². The van der Waals surface area contributed by atoms with E-state index in [2.05, 4.69) is 0 Å². The molecule has 1 atom stereocenters. The van der Waals surface area contributed by atoms with Gasteiger partial charge in [0.25, 0.3) is 5.69 Å². The third-order valence-corrected chi connectivity index (χ3v) is 3.42. The minimum absolute atomic E-state index is 0.225. The fourth-order valence-electron chi connectivity index (χ4n) is 2.49. The molecule has 0 aromatic heterocycles. The molecule has 1 fully saturated rings. The number of hydrogen-bond donors (Lipinski definition) is 1. The number of nitrogens with zero attached hydrogens (tertiary/aromatic N) is 3. The van der Waals surface area contributed by atoms with Gasteiger partial charge in [-0.3, -0.25) is 15.0 Å². The summed E-state index contributed by atoms with van der Waals surface area (Å²) in [6, 6.07) is 1.47. The molecule has 116 valence electrons. The zero-order valence-electron chi connectivity index (χ0n) is 11.6. The summed E-state index contributed by atoms with van der Waals surface area (Å²) in [5, 5.41) is 19.9. The van der Waals surface area contributed by atoms with Crippen LogP contribution in [0.3, 0.4) is 0 Å². The molecule has 1 heterocycles. The van der Waals surface area contributed by atoms with Gasteiger partial charge in [0, 0.05) is 32.7 Å². The molecule has 0 radical (unpaired) electrons. The van der Waals surface area contributed by atoms with Crippen molar-refractivity contribution in [3.63, 3.8) is 0 Å². The minimum atomic E-state index is -0.925. The average Bonchev–Trinajstić information content (AvgIpc) is 2.39. The number of piperazine rings is 1. The topological polar surface area (TPSA) is 69.8 Å². The number of β-amino-alcohol motifs (C(OH)–C–C–N with tert-alkyl or cyclic N) is 1. The number of benzene rings is 1. The van der Waals surface area contributed by atoms with Crippen molar-refractivity contribution in [2.24, 2.45) is 0 Å². The molecule has 0 unspecified atom stereocenters. The number of anilines is 1. The van der Waals surface area contributed by atoms with Gasteiger partial charge in [0.05, 0.1) is 23.2 Å². The number of aliphatic hydroxyl groups excluding tert-OH is 1. The number of non-ortho nitro benzene ring substituents is 1. The molecule has 21 heavy (non-hydrogen) atoms. The van der Waals surface area contributed by atoms with Crippen molar-refractivity contribution in [1.29, 1.82) is 0 Å². The van der Waals surface area contributed by atoms with Gasteiger partial charge in [-0.25, -0.2) is 8.78 Å². The lowest BCUT2D eigenvalue weighted by Gasteiger charge is -2.36. The van der Waals surface area contributed by atoms with Crippen LogP contribution in [0.15, 0.2) is 12.1 Å². The Bertz CT molecular complexity index is 508. The first kappa shape index (κ1) is 15.6. The van der Waals surface area contributed by atoms with E-state index in [1.165, 1.54) is 4.90 Å². The van der Waals surface area contributed by atoms with E-state index in [9.17, 15) is 24.0 Å². The van der Waals surface area contributed by atoms with E-state index >= 15 is 0 Å². The minimum Gasteiger partial charge on any atom is -0.392 e. The molecule has 1 saturated heterocycles. The van der Waals surface area contributed by atoms with E-state index in [-0.39, 0.29) is 5.69 Å². The Morgan fingerprint density at radius 1 is 1.29 bits per heavy atom. The molecule has 0 aliphatic carbocycles. The lowest BCUT2D eigenvalue weighted by molar-refractivity contribution is -0.385. The number of nitro groups is 1. The van der Waals surface area contributed by atoms with E-state index in [1.54, 1.807) is 6.92 Å². The molecular formula is C13H17F2N3O3. The first-order valence-electron chi connectivity index (χ1n) is 6.67. The number of halogens is 2. The van der Waals surface area contributed by atoms with Gasteiger partial charge in [0.15, 0.2) is 11.6 Å². The molecule has 1 aliphatic heterocycles. The van der Waals surface area contributed by atoms with Gasteiger partial charge >= 0.3 is 0 Å². The second-order valence-electron chi connectivity index (χ2n) is 5.15. The molecule has 1 aliphatic rings. The molecule has 0 spiro atoms. The number of nitro benzene ring substituents is 1. The van der Waals surface area contributed by atoms with Crippen LogP contribution < -0.4 is 4.90 Å². The van der Waals surface area contributed by atoms with Crippen LogP contribution in [0.25, 0.3) is 0 Å². The second kappa shape index (κ2) is 6.31. The van der Waals surface area contributed by atoms with Gasteiger partial charge < -0.3 is 10.0 Å². The molecule has 1 aromatic carbocycles. The van der Waals surface area contributed by atoms with E-state index in [0.29, 0.717) is 32.7 Å². The lowest BCUT2D eigenvalue weighted by Crippen LogP contribution is -2.48. The van der Waals surface area contributed by atoms with Crippen LogP contribution in [0.1, 0.15) is 6.92 Å². The van der Waals surface area contributed by atoms with Gasteiger partial charge in [-0.05, 0) is 6.92 Å². The predicted octanol–water partition coefficient (Wildman–Crippen LogP) is 1.38. The molecule has 0 amide bonds. The van der Waals surface area contributed by atoms with Crippen molar-refractivity contribution in [1.82, 2.24) is 4.90 Å². The summed E-state index contributed by atoms with van der Waals surface area (Å²) in [5.41, 5.74) is -0.821. The maximum Gasteiger partial charge on any atom is 0.275 e. The summed E-state index contributed by atoms with van der Waals surface area (Å²) < 4.78 is 27.8. The highest BCUT2D eigenvalue weighted by molar-refractivity contribution is 5.54. The molecule has 0 bridgehead atoms. The van der Waals surface area contributed by atoms with E-state index < -0.39 is 28.3 Å². The highest BCUT2D eigenvalue weighted by Crippen LogP contribution is 2.28. The predicted molar refractivity (Wildman–Crippen MR) is 73.3 cm³/mol. The van der Waals surface area contributed by atoms with Gasteiger partial charge in [-0.2, -0.15) is 0 Å². The summed E-state index contributed by atoms with van der Waals surface area (Å²) in [6.45, 7) is 4.14. The van der Waals surface area contributed by atoms with Crippen molar-refractivity contribution in [3.8, 4) is 0 Å². The van der Waals surface area contributed by atoms with E-state index in [1.807, 2.05) is 4.90 Å². The van der Waals surface area contributed by atoms with Crippen LogP contribution in [0.2, 0.25) is 0 Å². The summed E-state index contributed by atoms with van der Waals surface area (Å²) in [6.07, 6.45) is -0.454. The number of aliphatic hydroxyl groups is 1. The Morgan fingerprint density at radius 2 is 1.81 bits per heavy atom. The zero-order valence-corrected chi connectivity index (χ0v) is 11.6. The summed E-state index contributed by atoms with van der Waals surface area (Å²) in [7, 11) is 0. The molecule has 1 N–H and O–H groups in total. The largest absolute Gasteiger partial charge is 0.392 e. The Labute approximate surface area is 120 Å². The van der Waals surface area contributed by atoms with E-state index in [0.717, 1.165) is 12.1 Å². The highest BCUT2D eigenvalue weighted by atomic mass is 19.1. The quantitative estimate of drug-likeness (QED) is 0.672. The second-order valence-corrected chi connectivity index (χ2v) is 5.15. The molecule has 0 saturated carbocycles. The van der Waals surface area contributed by atoms with Crippen molar-refractivity contribution in [2.75, 3.05) is 37.6 Å². The fourth-order valence-corrected chi connectivity index (χ4v) is 2.49. The maximum atomic E-state index is 13.9. The Balaban J connectivity index is 2.12. The maximum absolute atomic E-state index is 13.9. The van der Waals surface area contributed by atoms with Crippen molar-refractivity contribution in [3.05, 3.63) is 33.9 Å². The summed E-state index contributed by atoms with van der Waals surface area (Å²) >= 11 is 0. The zero-order chi connectivity index (χ0) is 15.6. The van der Waals surface area contributed by atoms with Gasteiger partial charge in [-0.1, -0.05) is 0 Å². The monoisotopic (exact) mass is 301 g/mol. The van der Waals surface area contributed by atoms with Crippen molar-refractivity contribution in [2.45, 2.75) is 13.0 Å². The van der Waals surface area contributed by atoms with Crippen LogP contribution in [-0.4, -0.2) is 53.8 Å². The third kappa shape index (κ3) is 3.64. The molecular weight excluding hydrogens is 284 g/mol.